The van der Waals surface area contributed by atoms with E-state index in [1.54, 1.807) is 0 Å². The summed E-state index contributed by atoms with van der Waals surface area (Å²) in [6.45, 7) is 4.29. The average Bonchev–Trinajstić information content (AvgIpc) is 2.22. The van der Waals surface area contributed by atoms with Crippen molar-refractivity contribution < 1.29 is 8.42 Å². The molecule has 0 aliphatic rings. The smallest absolute Gasteiger partial charge is 0.210 e. The van der Waals surface area contributed by atoms with E-state index in [-0.39, 0.29) is 5.75 Å². The van der Waals surface area contributed by atoms with Crippen molar-refractivity contribution in [3.8, 4) is 0 Å². The van der Waals surface area contributed by atoms with E-state index in [4.69, 9.17) is 10.9 Å². The molecule has 0 radical (unpaired) electrons. The molecule has 5 nitrogen and oxygen atoms in total. The van der Waals surface area contributed by atoms with Gasteiger partial charge in [0.25, 0.3) is 0 Å². The molecule has 0 spiro atoms. The van der Waals surface area contributed by atoms with Crippen LogP contribution in [0.3, 0.4) is 0 Å². The summed E-state index contributed by atoms with van der Waals surface area (Å²) in [6.07, 6.45) is 0.842. The Morgan fingerprint density at radius 2 is 2.00 bits per heavy atom. The van der Waals surface area contributed by atoms with E-state index in [0.29, 0.717) is 6.54 Å². The minimum atomic E-state index is -3.42. The highest BCUT2D eigenvalue weighted by Crippen LogP contribution is 2.24. The molecule has 17 heavy (non-hydrogen) atoms. The van der Waals surface area contributed by atoms with Crippen LogP contribution in [0.4, 0.5) is 11.4 Å². The van der Waals surface area contributed by atoms with E-state index in [1.807, 2.05) is 26.0 Å². The Morgan fingerprint density at radius 3 is 2.53 bits per heavy atom. The van der Waals surface area contributed by atoms with Crippen LogP contribution in [-0.4, -0.2) is 20.7 Å². The van der Waals surface area contributed by atoms with Gasteiger partial charge in [-0.2, -0.15) is 0 Å². The highest BCUT2D eigenvalue weighted by molar-refractivity contribution is 7.89. The molecule has 0 saturated heterocycles. The van der Waals surface area contributed by atoms with Gasteiger partial charge in [0.2, 0.25) is 10.0 Å². The summed E-state index contributed by atoms with van der Waals surface area (Å²) in [5.41, 5.74) is 9.63. The van der Waals surface area contributed by atoms with Crippen molar-refractivity contribution >= 4 is 21.4 Å². The van der Waals surface area contributed by atoms with Crippen molar-refractivity contribution in [3.05, 3.63) is 23.3 Å². The fourth-order valence-corrected chi connectivity index (χ4v) is 2.11. The fraction of sp³-hybridized carbons (Fsp3) is 0.455. The van der Waals surface area contributed by atoms with Crippen molar-refractivity contribution in [3.63, 3.8) is 0 Å². The zero-order valence-electron chi connectivity index (χ0n) is 10.2. The maximum absolute atomic E-state index is 10.8. The van der Waals surface area contributed by atoms with Crippen LogP contribution in [0.2, 0.25) is 0 Å². The molecule has 0 amide bonds. The zero-order chi connectivity index (χ0) is 13.1. The van der Waals surface area contributed by atoms with Gasteiger partial charge in [0.1, 0.15) is 0 Å². The summed E-state index contributed by atoms with van der Waals surface area (Å²) >= 11 is 0. The minimum absolute atomic E-state index is 0.0838. The van der Waals surface area contributed by atoms with Gasteiger partial charge in [-0.15, -0.1) is 0 Å². The first kappa shape index (κ1) is 13.8. The van der Waals surface area contributed by atoms with E-state index >= 15 is 0 Å². The number of sulfonamides is 1. The Labute approximate surface area is 102 Å². The standard InChI is InChI=1S/C11H19N3O2S/c1-3-9-8(2)10(12)4-5-11(9)14-6-7-17(13,15)16/h4-5,14H,3,6-7,12H2,1-2H3,(H2,13,15,16). The van der Waals surface area contributed by atoms with Crippen molar-refractivity contribution in [2.45, 2.75) is 20.3 Å². The molecule has 96 valence electrons. The summed E-state index contributed by atoms with van der Waals surface area (Å²) in [7, 11) is -3.42. The normalized spacial score (nSPS) is 11.5. The Bertz CT molecular complexity index is 498. The van der Waals surface area contributed by atoms with Crippen LogP contribution < -0.4 is 16.2 Å². The number of primary sulfonamides is 1. The third-order valence-corrected chi connectivity index (χ3v) is 3.47. The number of hydrogen-bond acceptors (Lipinski definition) is 4. The highest BCUT2D eigenvalue weighted by atomic mass is 32.2. The van der Waals surface area contributed by atoms with Crippen LogP contribution in [0, 0.1) is 6.92 Å². The molecular weight excluding hydrogens is 238 g/mol. The third-order valence-electron chi connectivity index (χ3n) is 2.70. The summed E-state index contributed by atoms with van der Waals surface area (Å²) in [5, 5.41) is 8.01. The predicted octanol–water partition coefficient (Wildman–Crippen LogP) is 0.840. The second kappa shape index (κ2) is 5.37. The van der Waals surface area contributed by atoms with E-state index in [1.165, 1.54) is 0 Å². The second-order valence-electron chi connectivity index (χ2n) is 3.95. The molecule has 5 N–H and O–H groups in total. The Hall–Kier alpha value is -1.27. The van der Waals surface area contributed by atoms with Gasteiger partial charge in [-0.05, 0) is 36.6 Å². The maximum Gasteiger partial charge on any atom is 0.210 e. The highest BCUT2D eigenvalue weighted by Gasteiger charge is 2.07. The number of rotatable bonds is 5. The number of hydrogen-bond donors (Lipinski definition) is 3. The van der Waals surface area contributed by atoms with Crippen LogP contribution in [0.15, 0.2) is 12.1 Å². The monoisotopic (exact) mass is 257 g/mol. The number of nitrogens with one attached hydrogen (secondary N) is 1. The summed E-state index contributed by atoms with van der Waals surface area (Å²) < 4.78 is 21.6. The van der Waals surface area contributed by atoms with Crippen molar-refractivity contribution in [2.75, 3.05) is 23.3 Å². The molecule has 0 fully saturated rings. The van der Waals surface area contributed by atoms with Crippen LogP contribution in [0.1, 0.15) is 18.1 Å². The summed E-state index contributed by atoms with van der Waals surface area (Å²) in [4.78, 5) is 0. The van der Waals surface area contributed by atoms with Crippen LogP contribution in [-0.2, 0) is 16.4 Å². The molecular formula is C11H19N3O2S. The minimum Gasteiger partial charge on any atom is -0.399 e. The van der Waals surface area contributed by atoms with Gasteiger partial charge in [-0.25, -0.2) is 13.6 Å². The first-order valence-corrected chi connectivity index (χ1v) is 7.19. The lowest BCUT2D eigenvalue weighted by atomic mass is 10.0. The van der Waals surface area contributed by atoms with Gasteiger partial charge in [0.05, 0.1) is 5.75 Å². The van der Waals surface area contributed by atoms with E-state index in [9.17, 15) is 8.42 Å². The second-order valence-corrected chi connectivity index (χ2v) is 5.69. The van der Waals surface area contributed by atoms with Crippen molar-refractivity contribution in [1.29, 1.82) is 0 Å². The number of anilines is 2. The lowest BCUT2D eigenvalue weighted by Gasteiger charge is -2.14. The molecule has 0 aromatic heterocycles. The van der Waals surface area contributed by atoms with Gasteiger partial charge in [0.15, 0.2) is 0 Å². The molecule has 1 aromatic carbocycles. The van der Waals surface area contributed by atoms with Crippen LogP contribution in [0.5, 0.6) is 0 Å². The Balaban J connectivity index is 2.81. The summed E-state index contributed by atoms with van der Waals surface area (Å²) in [5.74, 6) is -0.0838. The molecule has 6 heteroatoms. The number of benzene rings is 1. The van der Waals surface area contributed by atoms with Crippen molar-refractivity contribution in [1.82, 2.24) is 0 Å². The first-order chi connectivity index (χ1) is 7.85. The van der Waals surface area contributed by atoms with E-state index in [2.05, 4.69) is 5.32 Å². The Kier molecular flexibility index (Phi) is 4.36. The quantitative estimate of drug-likeness (QED) is 0.681. The third kappa shape index (κ3) is 3.90. The van der Waals surface area contributed by atoms with E-state index < -0.39 is 10.0 Å². The lowest BCUT2D eigenvalue weighted by molar-refractivity contribution is 0.598. The molecule has 0 saturated carbocycles. The topological polar surface area (TPSA) is 98.2 Å². The maximum atomic E-state index is 10.8. The van der Waals surface area contributed by atoms with Crippen LogP contribution >= 0.6 is 0 Å². The number of nitrogens with two attached hydrogens (primary N) is 2. The van der Waals surface area contributed by atoms with Gasteiger partial charge in [-0.1, -0.05) is 6.92 Å². The first-order valence-electron chi connectivity index (χ1n) is 5.47. The molecule has 0 bridgehead atoms. The molecule has 0 heterocycles. The molecule has 0 aliphatic heterocycles. The van der Waals surface area contributed by atoms with Gasteiger partial charge >= 0.3 is 0 Å². The largest absolute Gasteiger partial charge is 0.399 e. The lowest BCUT2D eigenvalue weighted by Crippen LogP contribution is -2.22. The van der Waals surface area contributed by atoms with Gasteiger partial charge in [0, 0.05) is 17.9 Å². The zero-order valence-corrected chi connectivity index (χ0v) is 11.0. The predicted molar refractivity (Wildman–Crippen MR) is 71.4 cm³/mol. The molecule has 0 atom stereocenters. The van der Waals surface area contributed by atoms with Gasteiger partial charge < -0.3 is 11.1 Å². The number of nitrogen functional groups attached to an aromatic ring is 1. The molecule has 0 unspecified atom stereocenters. The molecule has 1 aromatic rings. The summed E-state index contributed by atoms with van der Waals surface area (Å²) in [6, 6.07) is 3.68. The molecule has 0 aliphatic carbocycles. The average molecular weight is 257 g/mol. The van der Waals surface area contributed by atoms with Crippen LogP contribution in [0.25, 0.3) is 0 Å². The Morgan fingerprint density at radius 1 is 1.35 bits per heavy atom. The van der Waals surface area contributed by atoms with Crippen molar-refractivity contribution in [2.24, 2.45) is 5.14 Å². The SMILES string of the molecule is CCc1c(NCCS(N)(=O)=O)ccc(N)c1C. The van der Waals surface area contributed by atoms with E-state index in [0.717, 1.165) is 28.9 Å². The molecule has 1 rings (SSSR count). The van der Waals surface area contributed by atoms with Gasteiger partial charge in [-0.3, -0.25) is 0 Å². The fourth-order valence-electron chi connectivity index (χ4n) is 1.72.